The van der Waals surface area contributed by atoms with Crippen molar-refractivity contribution in [1.82, 2.24) is 29.1 Å². The summed E-state index contributed by atoms with van der Waals surface area (Å²) in [6, 6.07) is 4.23. The quantitative estimate of drug-likeness (QED) is 0.513. The number of aromatic nitrogens is 6. The summed E-state index contributed by atoms with van der Waals surface area (Å²) in [4.78, 5) is 28.3. The Bertz CT molecular complexity index is 1350. The second-order valence-electron chi connectivity index (χ2n) is 7.88. The minimum absolute atomic E-state index is 0.172. The molecule has 0 atom stereocenters. The maximum Gasteiger partial charge on any atom is 0.351 e. The zero-order valence-electron chi connectivity index (χ0n) is 17.5. The predicted octanol–water partition coefficient (Wildman–Crippen LogP) is 2.37. The van der Waals surface area contributed by atoms with Crippen LogP contribution in [0, 0.1) is 20.8 Å². The summed E-state index contributed by atoms with van der Waals surface area (Å²) in [7, 11) is 1.65. The number of hydrogen-bond acceptors (Lipinski definition) is 6. The Kier molecular flexibility index (Phi) is 4.16. The summed E-state index contributed by atoms with van der Waals surface area (Å²) in [6.45, 7) is 7.59. The number of anilines is 1. The van der Waals surface area contributed by atoms with Crippen LogP contribution in [0.4, 0.5) is 5.82 Å². The van der Waals surface area contributed by atoms with Crippen molar-refractivity contribution in [2.45, 2.75) is 33.7 Å². The molecule has 0 N–H and O–H groups in total. The molecule has 5 heterocycles. The second kappa shape index (κ2) is 6.76. The van der Waals surface area contributed by atoms with Gasteiger partial charge in [-0.3, -0.25) is 9.97 Å². The molecule has 1 aliphatic rings. The van der Waals surface area contributed by atoms with Gasteiger partial charge in [-0.2, -0.15) is 4.98 Å². The maximum absolute atomic E-state index is 12.3. The first-order valence-corrected chi connectivity index (χ1v) is 10.0. The van der Waals surface area contributed by atoms with Crippen LogP contribution in [0.1, 0.15) is 28.1 Å². The first-order chi connectivity index (χ1) is 14.4. The summed E-state index contributed by atoms with van der Waals surface area (Å²) in [5, 5.41) is 4.29. The molecule has 0 aliphatic carbocycles. The van der Waals surface area contributed by atoms with Gasteiger partial charge in [0.25, 0.3) is 5.78 Å². The molecular formula is C22H23N7O. The molecule has 0 amide bonds. The summed E-state index contributed by atoms with van der Waals surface area (Å²) in [6.07, 6.45) is 6.49. The molecule has 5 rings (SSSR count). The molecule has 0 saturated carbocycles. The van der Waals surface area contributed by atoms with Crippen molar-refractivity contribution >= 4 is 11.6 Å². The first kappa shape index (κ1) is 18.5. The van der Waals surface area contributed by atoms with Gasteiger partial charge in [-0.05, 0) is 44.0 Å². The van der Waals surface area contributed by atoms with Crippen LogP contribution in [0.5, 0.6) is 0 Å². The van der Waals surface area contributed by atoms with Crippen molar-refractivity contribution in [2.75, 3.05) is 11.4 Å². The van der Waals surface area contributed by atoms with E-state index < -0.39 is 0 Å². The van der Waals surface area contributed by atoms with Gasteiger partial charge in [-0.1, -0.05) is 0 Å². The molecule has 0 aromatic carbocycles. The molecule has 0 spiro atoms. The van der Waals surface area contributed by atoms with Crippen molar-refractivity contribution in [3.63, 3.8) is 0 Å². The molecule has 152 valence electrons. The maximum atomic E-state index is 12.3. The van der Waals surface area contributed by atoms with Gasteiger partial charge >= 0.3 is 5.69 Å². The van der Waals surface area contributed by atoms with Gasteiger partial charge in [-0.25, -0.2) is 13.9 Å². The first-order valence-electron chi connectivity index (χ1n) is 10.0. The lowest BCUT2D eigenvalue weighted by atomic mass is 9.99. The molecule has 0 saturated heterocycles. The van der Waals surface area contributed by atoms with E-state index in [0.717, 1.165) is 53.4 Å². The minimum atomic E-state index is -0.172. The molecule has 4 aromatic heterocycles. The zero-order valence-corrected chi connectivity index (χ0v) is 17.5. The van der Waals surface area contributed by atoms with Crippen LogP contribution in [-0.4, -0.2) is 35.7 Å². The van der Waals surface area contributed by atoms with Crippen LogP contribution in [-0.2, 0) is 20.0 Å². The largest absolute Gasteiger partial charge is 0.351 e. The van der Waals surface area contributed by atoms with E-state index in [-0.39, 0.29) is 5.69 Å². The Morgan fingerprint density at radius 3 is 2.77 bits per heavy atom. The number of fused-ring (bicyclic) bond motifs is 2. The summed E-state index contributed by atoms with van der Waals surface area (Å²) in [5.41, 5.74) is 7.37. The smallest absolute Gasteiger partial charge is 0.351 e. The van der Waals surface area contributed by atoms with Crippen LogP contribution in [0.25, 0.3) is 16.9 Å². The van der Waals surface area contributed by atoms with Crippen LogP contribution in [0.15, 0.2) is 35.5 Å². The Hall–Kier alpha value is -3.55. The van der Waals surface area contributed by atoms with Crippen molar-refractivity contribution < 1.29 is 0 Å². The van der Waals surface area contributed by atoms with Crippen molar-refractivity contribution in [1.29, 1.82) is 0 Å². The van der Waals surface area contributed by atoms with Crippen LogP contribution >= 0.6 is 0 Å². The Balaban J connectivity index is 1.56. The van der Waals surface area contributed by atoms with E-state index in [9.17, 15) is 4.79 Å². The van der Waals surface area contributed by atoms with E-state index in [4.69, 9.17) is 9.97 Å². The normalized spacial score (nSPS) is 13.7. The third kappa shape index (κ3) is 2.79. The van der Waals surface area contributed by atoms with Crippen LogP contribution in [0.3, 0.4) is 0 Å². The summed E-state index contributed by atoms with van der Waals surface area (Å²) in [5.74, 6) is 1.31. The van der Waals surface area contributed by atoms with E-state index in [1.54, 1.807) is 11.4 Å². The number of rotatable bonds is 2. The van der Waals surface area contributed by atoms with Crippen molar-refractivity contribution in [3.8, 4) is 11.1 Å². The lowest BCUT2D eigenvalue weighted by Crippen LogP contribution is -2.33. The van der Waals surface area contributed by atoms with E-state index in [2.05, 4.69) is 28.0 Å². The fourth-order valence-electron chi connectivity index (χ4n) is 4.15. The monoisotopic (exact) mass is 401 g/mol. The number of hydrogen-bond donors (Lipinski definition) is 0. The molecular weight excluding hydrogens is 378 g/mol. The Morgan fingerprint density at radius 1 is 1.13 bits per heavy atom. The van der Waals surface area contributed by atoms with Gasteiger partial charge in [0.1, 0.15) is 5.82 Å². The van der Waals surface area contributed by atoms with Gasteiger partial charge in [-0.15, -0.1) is 5.10 Å². The molecule has 8 heteroatoms. The van der Waals surface area contributed by atoms with E-state index in [1.165, 1.54) is 15.8 Å². The number of aryl methyl sites for hydroxylation is 3. The highest BCUT2D eigenvalue weighted by Gasteiger charge is 2.23. The van der Waals surface area contributed by atoms with E-state index in [1.807, 2.05) is 38.5 Å². The zero-order chi connectivity index (χ0) is 21.0. The van der Waals surface area contributed by atoms with Crippen molar-refractivity contribution in [3.05, 3.63) is 69.3 Å². The fraction of sp³-hybridized carbons (Fsp3) is 0.318. The van der Waals surface area contributed by atoms with Gasteiger partial charge in [0.05, 0.1) is 0 Å². The van der Waals surface area contributed by atoms with Gasteiger partial charge < -0.3 is 4.90 Å². The van der Waals surface area contributed by atoms with Crippen LogP contribution < -0.4 is 10.6 Å². The average molecular weight is 401 g/mol. The Labute approximate surface area is 173 Å². The predicted molar refractivity (Wildman–Crippen MR) is 115 cm³/mol. The Morgan fingerprint density at radius 2 is 1.97 bits per heavy atom. The number of pyridine rings is 2. The molecule has 0 unspecified atom stereocenters. The average Bonchev–Trinajstić information content (AvgIpc) is 3.04. The molecule has 0 bridgehead atoms. The van der Waals surface area contributed by atoms with Crippen LogP contribution in [0.2, 0.25) is 0 Å². The highest BCUT2D eigenvalue weighted by molar-refractivity contribution is 5.66. The second-order valence-corrected chi connectivity index (χ2v) is 7.88. The van der Waals surface area contributed by atoms with E-state index in [0.29, 0.717) is 5.78 Å². The number of nitrogens with zero attached hydrogens (tertiary/aromatic N) is 7. The molecule has 1 aliphatic heterocycles. The summed E-state index contributed by atoms with van der Waals surface area (Å²) < 4.78 is 2.90. The topological polar surface area (TPSA) is 81.2 Å². The van der Waals surface area contributed by atoms with Gasteiger partial charge in [0.15, 0.2) is 0 Å². The van der Waals surface area contributed by atoms with Gasteiger partial charge in [0.2, 0.25) is 0 Å². The van der Waals surface area contributed by atoms with E-state index >= 15 is 0 Å². The highest BCUT2D eigenvalue weighted by atomic mass is 16.2. The lowest BCUT2D eigenvalue weighted by molar-refractivity contribution is 0.698. The van der Waals surface area contributed by atoms with Crippen molar-refractivity contribution in [2.24, 2.45) is 7.05 Å². The molecule has 0 radical (unpaired) electrons. The highest BCUT2D eigenvalue weighted by Crippen LogP contribution is 2.29. The SMILES string of the molecule is Cc1ccncc1-c1cnc2c(c1)CN(c1nc3nn(C)c(=O)n3c(C)c1C)CC2. The molecule has 0 fully saturated rings. The molecule has 4 aromatic rings. The molecule has 30 heavy (non-hydrogen) atoms. The fourth-order valence-corrected chi connectivity index (χ4v) is 4.15. The minimum Gasteiger partial charge on any atom is -0.351 e. The third-order valence-corrected chi connectivity index (χ3v) is 6.02. The summed E-state index contributed by atoms with van der Waals surface area (Å²) >= 11 is 0. The lowest BCUT2D eigenvalue weighted by Gasteiger charge is -2.31. The molecule has 8 nitrogen and oxygen atoms in total. The standard InChI is InChI=1S/C22H23N7O/c1-13-5-7-23-11-18(13)16-9-17-12-28(8-6-19(17)24-10-16)20-14(2)15(3)29-21(25-20)26-27(4)22(29)30/h5,7,9-11H,6,8,12H2,1-4H3. The van der Waals surface area contributed by atoms with Gasteiger partial charge in [0, 0.05) is 73.2 Å². The third-order valence-electron chi connectivity index (χ3n) is 6.02.